The van der Waals surface area contributed by atoms with Crippen LogP contribution in [0.5, 0.6) is 0 Å². The van der Waals surface area contributed by atoms with Gasteiger partial charge in [-0.2, -0.15) is 0 Å². The van der Waals surface area contributed by atoms with Crippen molar-refractivity contribution in [2.75, 3.05) is 0 Å². The van der Waals surface area contributed by atoms with Crippen LogP contribution < -0.4 is 0 Å². The number of aliphatic hydroxyl groups excluding tert-OH is 2. The van der Waals surface area contributed by atoms with E-state index in [-0.39, 0.29) is 36.2 Å². The molecule has 9 unspecified atom stereocenters. The number of carbonyl (C=O) groups excluding carboxylic acids is 3. The molecule has 0 aromatic carbocycles. The Morgan fingerprint density at radius 1 is 0.976 bits per heavy atom. The van der Waals surface area contributed by atoms with E-state index in [0.717, 1.165) is 6.42 Å². The summed E-state index contributed by atoms with van der Waals surface area (Å²) in [5.41, 5.74) is -0.859. The van der Waals surface area contributed by atoms with E-state index in [1.54, 1.807) is 32.9 Å². The summed E-state index contributed by atoms with van der Waals surface area (Å²) < 4.78 is 16.3. The zero-order valence-corrected chi connectivity index (χ0v) is 26.4. The largest absolute Gasteiger partial charge is 0.458 e. The lowest BCUT2D eigenvalue weighted by Crippen LogP contribution is -2.41. The Morgan fingerprint density at radius 3 is 2.17 bits per heavy atom. The Morgan fingerprint density at radius 2 is 1.62 bits per heavy atom. The number of carbonyl (C=O) groups is 3. The minimum absolute atomic E-state index is 0.00377. The molecule has 0 bridgehead atoms. The van der Waals surface area contributed by atoms with Crippen LogP contribution in [0, 0.1) is 17.8 Å². The van der Waals surface area contributed by atoms with Crippen LogP contribution in [0.4, 0.5) is 0 Å². The van der Waals surface area contributed by atoms with Crippen molar-refractivity contribution in [2.24, 2.45) is 17.8 Å². The number of aliphatic hydroxyl groups is 4. The molecule has 0 aromatic heterocycles. The molecule has 10 heteroatoms. The van der Waals surface area contributed by atoms with Gasteiger partial charge in [0.25, 0.3) is 6.29 Å². The first-order valence-electron chi connectivity index (χ1n) is 14.9. The number of hydrogen-bond donors (Lipinski definition) is 4. The summed E-state index contributed by atoms with van der Waals surface area (Å²) in [4.78, 5) is 36.1. The molecule has 1 rings (SSSR count). The van der Waals surface area contributed by atoms with Crippen LogP contribution in [-0.2, 0) is 28.6 Å². The molecule has 0 aromatic rings. The van der Waals surface area contributed by atoms with Crippen molar-refractivity contribution in [1.82, 2.24) is 0 Å². The van der Waals surface area contributed by atoms with Crippen molar-refractivity contribution in [3.8, 4) is 0 Å². The van der Waals surface area contributed by atoms with Crippen LogP contribution in [0.1, 0.15) is 87.5 Å². The highest BCUT2D eigenvalue weighted by molar-refractivity contribution is 5.97. The fourth-order valence-electron chi connectivity index (χ4n) is 4.78. The minimum Gasteiger partial charge on any atom is -0.458 e. The second kappa shape index (κ2) is 17.7. The first kappa shape index (κ1) is 37.7. The summed E-state index contributed by atoms with van der Waals surface area (Å²) in [7, 11) is 0. The molecule has 0 spiro atoms. The number of rotatable bonds is 19. The van der Waals surface area contributed by atoms with E-state index in [1.807, 2.05) is 39.8 Å². The molecule has 42 heavy (non-hydrogen) atoms. The number of epoxide rings is 1. The lowest BCUT2D eigenvalue weighted by atomic mass is 9.89. The maximum atomic E-state index is 12.9. The van der Waals surface area contributed by atoms with Crippen molar-refractivity contribution in [3.05, 3.63) is 36.0 Å². The third-order valence-corrected chi connectivity index (χ3v) is 7.73. The van der Waals surface area contributed by atoms with E-state index in [4.69, 9.17) is 24.4 Å². The Kier molecular flexibility index (Phi) is 15.8. The average molecular weight is 597 g/mol. The lowest BCUT2D eigenvalue weighted by Gasteiger charge is -2.31. The van der Waals surface area contributed by atoms with Crippen LogP contribution in [0.3, 0.4) is 0 Å². The number of ketones is 1. The molecule has 1 fully saturated rings. The van der Waals surface area contributed by atoms with Crippen LogP contribution in [-0.4, -0.2) is 80.6 Å². The van der Waals surface area contributed by atoms with Gasteiger partial charge < -0.3 is 34.6 Å². The van der Waals surface area contributed by atoms with Crippen molar-refractivity contribution in [3.63, 3.8) is 0 Å². The van der Waals surface area contributed by atoms with Gasteiger partial charge in [-0.1, -0.05) is 58.9 Å². The molecule has 240 valence electrons. The predicted molar refractivity (Wildman–Crippen MR) is 158 cm³/mol. The summed E-state index contributed by atoms with van der Waals surface area (Å²) in [6, 6.07) is 0. The van der Waals surface area contributed by atoms with Gasteiger partial charge in [-0.05, 0) is 63.5 Å². The third kappa shape index (κ3) is 12.9. The van der Waals surface area contributed by atoms with Crippen molar-refractivity contribution < 1.29 is 49.0 Å². The molecule has 10 nitrogen and oxygen atoms in total. The quantitative estimate of drug-likeness (QED) is 0.0433. The van der Waals surface area contributed by atoms with Crippen molar-refractivity contribution in [2.45, 2.75) is 130 Å². The van der Waals surface area contributed by atoms with Gasteiger partial charge in [0.05, 0.1) is 18.3 Å². The summed E-state index contributed by atoms with van der Waals surface area (Å²) in [6.07, 6.45) is 6.89. The van der Waals surface area contributed by atoms with E-state index in [2.05, 4.69) is 0 Å². The second-order valence-electron chi connectivity index (χ2n) is 11.7. The van der Waals surface area contributed by atoms with Gasteiger partial charge >= 0.3 is 11.9 Å². The van der Waals surface area contributed by atoms with Crippen LogP contribution in [0.15, 0.2) is 36.0 Å². The number of Topliss-reactive ketones (excluding diaryl/α,β-unsaturated/α-hetero) is 1. The molecule has 4 N–H and O–H groups in total. The number of esters is 2. The highest BCUT2D eigenvalue weighted by atomic mass is 16.6. The molecule has 9 atom stereocenters. The zero-order valence-electron chi connectivity index (χ0n) is 26.4. The second-order valence-corrected chi connectivity index (χ2v) is 11.7. The van der Waals surface area contributed by atoms with Gasteiger partial charge in [-0.15, -0.1) is 0 Å². The maximum Gasteiger partial charge on any atom is 0.363 e. The molecule has 1 saturated heterocycles. The van der Waals surface area contributed by atoms with Crippen LogP contribution in [0.25, 0.3) is 0 Å². The van der Waals surface area contributed by atoms with Gasteiger partial charge in [-0.25, -0.2) is 4.79 Å². The number of hydrogen-bond acceptors (Lipinski definition) is 10. The molecule has 0 aliphatic carbocycles. The molecule has 0 saturated carbocycles. The summed E-state index contributed by atoms with van der Waals surface area (Å²) in [5.74, 6) is -2.19. The Hall–Kier alpha value is -2.37. The third-order valence-electron chi connectivity index (χ3n) is 7.73. The van der Waals surface area contributed by atoms with Crippen molar-refractivity contribution in [1.29, 1.82) is 0 Å². The SMILES string of the molecule is CCC(O)CCC(C)(O)C(/C=C/C(C)C(=O)/C(C)=C/C=C/C(C)CC1OC1C(C)C(CC)OC(=O)C(O)O)OC(C)=O. The molecular formula is C32H52O10. The summed E-state index contributed by atoms with van der Waals surface area (Å²) in [5, 5.41) is 38.7. The standard InChI is InChI=1S/C32H52O10/c1-9-24(34)16-17-32(8,39)27(40-23(7)33)15-14-21(5)28(35)20(4)13-11-12-19(3)18-26-29(41-26)22(6)25(10-2)42-31(38)30(36)37/h11-15,19,21-22,24-27,29-30,34,36-37,39H,9-10,16-18H2,1-8H3/b12-11+,15-14+,20-13+. The first-order chi connectivity index (χ1) is 19.5. The van der Waals surface area contributed by atoms with E-state index in [0.29, 0.717) is 24.8 Å². The highest BCUT2D eigenvalue weighted by Gasteiger charge is 2.46. The molecule has 1 aliphatic rings. The average Bonchev–Trinajstić information content (AvgIpc) is 3.69. The maximum absolute atomic E-state index is 12.9. The summed E-state index contributed by atoms with van der Waals surface area (Å²) >= 11 is 0. The first-order valence-corrected chi connectivity index (χ1v) is 14.9. The van der Waals surface area contributed by atoms with Gasteiger partial charge in [0, 0.05) is 18.8 Å². The van der Waals surface area contributed by atoms with Crippen molar-refractivity contribution >= 4 is 17.7 Å². The van der Waals surface area contributed by atoms with E-state index < -0.39 is 48.1 Å². The number of allylic oxidation sites excluding steroid dienone is 5. The fourth-order valence-corrected chi connectivity index (χ4v) is 4.78. The molecule has 1 aliphatic heterocycles. The Labute approximate surface area is 250 Å². The summed E-state index contributed by atoms with van der Waals surface area (Å²) in [6.45, 7) is 13.9. The monoisotopic (exact) mass is 596 g/mol. The van der Waals surface area contributed by atoms with E-state index >= 15 is 0 Å². The van der Waals surface area contributed by atoms with Gasteiger partial charge in [0.1, 0.15) is 17.8 Å². The molecule has 0 amide bonds. The molecular weight excluding hydrogens is 544 g/mol. The molecule has 0 radical (unpaired) electrons. The van der Waals surface area contributed by atoms with Gasteiger partial charge in [0.2, 0.25) is 0 Å². The van der Waals surface area contributed by atoms with E-state index in [9.17, 15) is 24.6 Å². The fraction of sp³-hybridized carbons (Fsp3) is 0.719. The van der Waals surface area contributed by atoms with Gasteiger partial charge in [-0.3, -0.25) is 9.59 Å². The van der Waals surface area contributed by atoms with Crippen LogP contribution >= 0.6 is 0 Å². The van der Waals surface area contributed by atoms with Crippen LogP contribution in [0.2, 0.25) is 0 Å². The zero-order chi connectivity index (χ0) is 32.2. The Bertz CT molecular complexity index is 966. The van der Waals surface area contributed by atoms with E-state index in [1.165, 1.54) is 13.0 Å². The number of ether oxygens (including phenoxy) is 3. The topological polar surface area (TPSA) is 163 Å². The predicted octanol–water partition coefficient (Wildman–Crippen LogP) is 3.55. The minimum atomic E-state index is -2.15. The Balaban J connectivity index is 2.70. The normalized spacial score (nSPS) is 23.2. The smallest absolute Gasteiger partial charge is 0.363 e. The van der Waals surface area contributed by atoms with Gasteiger partial charge in [0.15, 0.2) is 5.78 Å². The molecule has 1 heterocycles. The lowest BCUT2D eigenvalue weighted by molar-refractivity contribution is -0.181. The highest BCUT2D eigenvalue weighted by Crippen LogP contribution is 2.37.